The third-order valence-corrected chi connectivity index (χ3v) is 3.38. The Morgan fingerprint density at radius 1 is 1.17 bits per heavy atom. The number of nitrogens with one attached hydrogen (secondary N) is 1. The number of nitrogens with zero attached hydrogens (tertiary/aromatic N) is 4. The summed E-state index contributed by atoms with van der Waals surface area (Å²) in [5, 5.41) is 1.67. The zero-order valence-electron chi connectivity index (χ0n) is 9.37. The van der Waals surface area contributed by atoms with Crippen molar-refractivity contribution in [2.45, 2.75) is 16.6 Å². The topological polar surface area (TPSA) is 93.4 Å². The van der Waals surface area contributed by atoms with E-state index in [1.165, 1.54) is 18.1 Å². The number of aromatic amines is 1. The van der Waals surface area contributed by atoms with Gasteiger partial charge in [-0.25, -0.2) is 19.9 Å². The second kappa shape index (κ2) is 4.71. The van der Waals surface area contributed by atoms with Gasteiger partial charge in [-0.1, -0.05) is 6.07 Å². The number of pyridine rings is 1. The molecule has 90 valence electrons. The van der Waals surface area contributed by atoms with Gasteiger partial charge in [0.15, 0.2) is 5.65 Å². The highest BCUT2D eigenvalue weighted by molar-refractivity contribution is 7.99. The minimum absolute atomic E-state index is 0.496. The predicted molar refractivity (Wildman–Crippen MR) is 67.9 cm³/mol. The van der Waals surface area contributed by atoms with Crippen molar-refractivity contribution >= 4 is 22.9 Å². The summed E-state index contributed by atoms with van der Waals surface area (Å²) in [5.41, 5.74) is 8.02. The van der Waals surface area contributed by atoms with E-state index in [0.717, 1.165) is 21.1 Å². The van der Waals surface area contributed by atoms with Crippen LogP contribution in [0.5, 0.6) is 0 Å². The molecule has 0 aliphatic rings. The smallest absolute Gasteiger partial charge is 0.181 e. The summed E-state index contributed by atoms with van der Waals surface area (Å²) in [6.45, 7) is 0.496. The highest BCUT2D eigenvalue weighted by Crippen LogP contribution is 2.27. The van der Waals surface area contributed by atoms with Crippen LogP contribution in [0.25, 0.3) is 11.2 Å². The van der Waals surface area contributed by atoms with Gasteiger partial charge >= 0.3 is 0 Å². The molecule has 0 saturated carbocycles. The number of nitrogens with two attached hydrogens (primary N) is 1. The quantitative estimate of drug-likeness (QED) is 0.689. The summed E-state index contributed by atoms with van der Waals surface area (Å²) in [6, 6.07) is 3.89. The number of hydrogen-bond donors (Lipinski definition) is 2. The first-order valence-electron chi connectivity index (χ1n) is 5.34. The first-order valence-corrected chi connectivity index (χ1v) is 6.15. The third-order valence-electron chi connectivity index (χ3n) is 2.42. The molecule has 0 amide bonds. The van der Waals surface area contributed by atoms with Crippen LogP contribution in [0.2, 0.25) is 0 Å². The molecule has 0 bridgehead atoms. The Balaban J connectivity index is 1.93. The summed E-state index contributed by atoms with van der Waals surface area (Å²) in [4.78, 5) is 19.7. The van der Waals surface area contributed by atoms with Crippen molar-refractivity contribution in [1.82, 2.24) is 24.9 Å². The zero-order valence-corrected chi connectivity index (χ0v) is 10.2. The van der Waals surface area contributed by atoms with Crippen LogP contribution in [0.3, 0.4) is 0 Å². The third kappa shape index (κ3) is 2.05. The Labute approximate surface area is 107 Å². The molecular weight excluding hydrogens is 248 g/mol. The maximum atomic E-state index is 5.53. The lowest BCUT2D eigenvalue weighted by Gasteiger charge is -2.01. The molecule has 0 unspecified atom stereocenters. The molecule has 0 fully saturated rings. The lowest BCUT2D eigenvalue weighted by molar-refractivity contribution is 1.01. The Kier molecular flexibility index (Phi) is 2.91. The van der Waals surface area contributed by atoms with E-state index in [-0.39, 0.29) is 0 Å². The Hall–Kier alpha value is -1.99. The number of fused-ring (bicyclic) bond motifs is 1. The van der Waals surface area contributed by atoms with Crippen LogP contribution in [0.4, 0.5) is 0 Å². The maximum Gasteiger partial charge on any atom is 0.181 e. The number of imidazole rings is 1. The summed E-state index contributed by atoms with van der Waals surface area (Å²) in [5.74, 6) is 0. The monoisotopic (exact) mass is 258 g/mol. The average molecular weight is 258 g/mol. The van der Waals surface area contributed by atoms with E-state index in [1.54, 1.807) is 12.5 Å². The minimum atomic E-state index is 0.496. The summed E-state index contributed by atoms with van der Waals surface area (Å²) < 4.78 is 0. The van der Waals surface area contributed by atoms with Crippen molar-refractivity contribution in [3.8, 4) is 0 Å². The van der Waals surface area contributed by atoms with Gasteiger partial charge in [-0.15, -0.1) is 0 Å². The molecule has 0 atom stereocenters. The van der Waals surface area contributed by atoms with E-state index in [1.807, 2.05) is 12.1 Å². The number of rotatable bonds is 3. The normalized spacial score (nSPS) is 10.9. The van der Waals surface area contributed by atoms with Crippen molar-refractivity contribution in [2.75, 3.05) is 0 Å². The molecule has 0 saturated heterocycles. The molecule has 0 spiro atoms. The van der Waals surface area contributed by atoms with E-state index in [0.29, 0.717) is 12.2 Å². The van der Waals surface area contributed by atoms with Crippen molar-refractivity contribution in [2.24, 2.45) is 5.73 Å². The molecule has 3 rings (SSSR count). The lowest BCUT2D eigenvalue weighted by atomic mass is 10.3. The zero-order chi connectivity index (χ0) is 12.4. The molecule has 0 aromatic carbocycles. The van der Waals surface area contributed by atoms with Crippen LogP contribution in [0, 0.1) is 0 Å². The second-order valence-electron chi connectivity index (χ2n) is 3.59. The van der Waals surface area contributed by atoms with Crippen LogP contribution in [-0.4, -0.2) is 24.9 Å². The molecule has 0 radical (unpaired) electrons. The van der Waals surface area contributed by atoms with Crippen LogP contribution < -0.4 is 5.73 Å². The van der Waals surface area contributed by atoms with Gasteiger partial charge in [0.25, 0.3) is 0 Å². The van der Waals surface area contributed by atoms with Gasteiger partial charge in [-0.3, -0.25) is 0 Å². The van der Waals surface area contributed by atoms with Crippen molar-refractivity contribution < 1.29 is 0 Å². The standard InChI is InChI=1S/C11H10N6S/c12-3-7-1-2-8(13-4-7)18-11-9-10(15-5-14-9)16-6-17-11/h1-2,4-6H,3,12H2,(H,14,15,16,17). The van der Waals surface area contributed by atoms with Crippen molar-refractivity contribution in [1.29, 1.82) is 0 Å². The second-order valence-corrected chi connectivity index (χ2v) is 4.60. The Morgan fingerprint density at radius 3 is 2.89 bits per heavy atom. The Morgan fingerprint density at radius 2 is 2.11 bits per heavy atom. The fraction of sp³-hybridized carbons (Fsp3) is 0.0909. The summed E-state index contributed by atoms with van der Waals surface area (Å²) in [7, 11) is 0. The van der Waals surface area contributed by atoms with E-state index in [9.17, 15) is 0 Å². The summed E-state index contributed by atoms with van der Waals surface area (Å²) in [6.07, 6.45) is 4.88. The molecule has 7 heteroatoms. The molecular formula is C11H10N6S. The minimum Gasteiger partial charge on any atom is -0.341 e. The van der Waals surface area contributed by atoms with E-state index in [2.05, 4.69) is 24.9 Å². The van der Waals surface area contributed by atoms with Gasteiger partial charge in [0.1, 0.15) is 21.9 Å². The summed E-state index contributed by atoms with van der Waals surface area (Å²) >= 11 is 1.47. The van der Waals surface area contributed by atoms with Gasteiger partial charge in [0, 0.05) is 12.7 Å². The van der Waals surface area contributed by atoms with Gasteiger partial charge in [-0.2, -0.15) is 0 Å². The molecule has 6 nitrogen and oxygen atoms in total. The SMILES string of the molecule is NCc1ccc(Sc2ncnc3nc[nH]c23)nc1. The van der Waals surface area contributed by atoms with Gasteiger partial charge in [-0.05, 0) is 23.4 Å². The fourth-order valence-electron chi connectivity index (χ4n) is 1.51. The number of aromatic nitrogens is 5. The predicted octanol–water partition coefficient (Wildman–Crippen LogP) is 1.36. The van der Waals surface area contributed by atoms with Gasteiger partial charge in [0.2, 0.25) is 0 Å². The average Bonchev–Trinajstić information content (AvgIpc) is 2.89. The molecule has 3 N–H and O–H groups in total. The van der Waals surface area contributed by atoms with Crippen LogP contribution >= 0.6 is 11.8 Å². The van der Waals surface area contributed by atoms with E-state index >= 15 is 0 Å². The molecule has 0 aliphatic heterocycles. The maximum absolute atomic E-state index is 5.53. The number of hydrogen-bond acceptors (Lipinski definition) is 6. The van der Waals surface area contributed by atoms with Crippen LogP contribution in [0.1, 0.15) is 5.56 Å². The van der Waals surface area contributed by atoms with Crippen LogP contribution in [-0.2, 0) is 6.54 Å². The lowest BCUT2D eigenvalue weighted by Crippen LogP contribution is -1.96. The molecule has 3 aromatic rings. The van der Waals surface area contributed by atoms with E-state index < -0.39 is 0 Å². The van der Waals surface area contributed by atoms with Crippen molar-refractivity contribution in [3.05, 3.63) is 36.5 Å². The molecule has 0 aliphatic carbocycles. The highest BCUT2D eigenvalue weighted by atomic mass is 32.2. The molecule has 3 heterocycles. The van der Waals surface area contributed by atoms with Crippen LogP contribution in [0.15, 0.2) is 41.0 Å². The first kappa shape index (κ1) is 11.1. The van der Waals surface area contributed by atoms with E-state index in [4.69, 9.17) is 5.73 Å². The Bertz CT molecular complexity index is 663. The largest absolute Gasteiger partial charge is 0.341 e. The first-order chi connectivity index (χ1) is 8.86. The number of H-pyrrole nitrogens is 1. The fourth-order valence-corrected chi connectivity index (χ4v) is 2.30. The molecule has 18 heavy (non-hydrogen) atoms. The van der Waals surface area contributed by atoms with Gasteiger partial charge < -0.3 is 10.7 Å². The van der Waals surface area contributed by atoms with Gasteiger partial charge in [0.05, 0.1) is 6.33 Å². The highest BCUT2D eigenvalue weighted by Gasteiger charge is 2.08. The molecule has 3 aromatic heterocycles. The van der Waals surface area contributed by atoms with Crippen molar-refractivity contribution in [3.63, 3.8) is 0 Å².